The van der Waals surface area contributed by atoms with Crippen LogP contribution < -0.4 is 14.8 Å². The summed E-state index contributed by atoms with van der Waals surface area (Å²) in [7, 11) is 3.06. The number of hydrogen-bond acceptors (Lipinski definition) is 7. The number of hydrogen-bond donors (Lipinski definition) is 2. The van der Waals surface area contributed by atoms with Crippen LogP contribution in [0.5, 0.6) is 11.5 Å². The second-order valence-electron chi connectivity index (χ2n) is 11.0. The van der Waals surface area contributed by atoms with E-state index in [4.69, 9.17) is 14.2 Å². The first kappa shape index (κ1) is 30.3. The number of nitrogens with one attached hydrogen (secondary N) is 1. The van der Waals surface area contributed by atoms with Gasteiger partial charge in [-0.1, -0.05) is 62.4 Å². The molecular weight excluding hydrogens is 568 g/mol. The number of methoxy groups -OCH3 is 2. The van der Waals surface area contributed by atoms with Crippen molar-refractivity contribution in [2.75, 3.05) is 26.6 Å². The summed E-state index contributed by atoms with van der Waals surface area (Å²) in [4.78, 5) is 41.0. The predicted molar refractivity (Wildman–Crippen MR) is 164 cm³/mol. The van der Waals surface area contributed by atoms with Crippen molar-refractivity contribution in [3.05, 3.63) is 83.4 Å². The molecule has 10 heteroatoms. The summed E-state index contributed by atoms with van der Waals surface area (Å²) in [6.45, 7) is 3.99. The quantitative estimate of drug-likeness (QED) is 0.304. The maximum Gasteiger partial charge on any atom is 0.407 e. The molecular formula is C33H36N2O7S. The number of alkyl carbamates (subject to hydrolysis) is 1. The molecule has 2 aliphatic rings. The third-order valence-corrected chi connectivity index (χ3v) is 9.19. The normalized spacial score (nSPS) is 18.1. The third kappa shape index (κ3) is 6.15. The number of carbonyl (C=O) groups is 3. The van der Waals surface area contributed by atoms with Crippen molar-refractivity contribution < 1.29 is 33.7 Å². The zero-order chi connectivity index (χ0) is 30.7. The summed E-state index contributed by atoms with van der Waals surface area (Å²) < 4.78 is 16.6. The number of nitrogens with zero attached hydrogens (tertiary/aromatic N) is 1. The molecule has 2 amide bonds. The van der Waals surface area contributed by atoms with Crippen LogP contribution in [0.3, 0.4) is 0 Å². The first-order valence-corrected chi connectivity index (χ1v) is 15.3. The molecule has 1 fully saturated rings. The zero-order valence-electron chi connectivity index (χ0n) is 24.6. The third-order valence-electron chi connectivity index (χ3n) is 7.89. The second kappa shape index (κ2) is 13.0. The van der Waals surface area contributed by atoms with Crippen molar-refractivity contribution in [1.82, 2.24) is 10.2 Å². The van der Waals surface area contributed by atoms with Crippen molar-refractivity contribution in [2.45, 2.75) is 43.6 Å². The van der Waals surface area contributed by atoms with Gasteiger partial charge >= 0.3 is 12.1 Å². The molecule has 3 aromatic rings. The van der Waals surface area contributed by atoms with Crippen LogP contribution in [0.15, 0.2) is 66.7 Å². The molecule has 1 aliphatic carbocycles. The molecule has 226 valence electrons. The van der Waals surface area contributed by atoms with Crippen LogP contribution >= 0.6 is 11.8 Å². The number of benzene rings is 3. The lowest BCUT2D eigenvalue weighted by Gasteiger charge is -2.32. The van der Waals surface area contributed by atoms with Crippen LogP contribution in [0.25, 0.3) is 11.1 Å². The van der Waals surface area contributed by atoms with E-state index in [-0.39, 0.29) is 24.2 Å². The Labute approximate surface area is 255 Å². The van der Waals surface area contributed by atoms with Gasteiger partial charge in [0.2, 0.25) is 5.91 Å². The Balaban J connectivity index is 1.36. The fourth-order valence-electron chi connectivity index (χ4n) is 5.88. The van der Waals surface area contributed by atoms with Gasteiger partial charge in [0, 0.05) is 23.3 Å². The topological polar surface area (TPSA) is 114 Å². The highest BCUT2D eigenvalue weighted by molar-refractivity contribution is 7.99. The van der Waals surface area contributed by atoms with Crippen LogP contribution in [0.4, 0.5) is 4.79 Å². The summed E-state index contributed by atoms with van der Waals surface area (Å²) in [6.07, 6.45) is -0.415. The zero-order valence-corrected chi connectivity index (χ0v) is 25.4. The Morgan fingerprint density at radius 3 is 2.19 bits per heavy atom. The summed E-state index contributed by atoms with van der Waals surface area (Å²) in [6, 6.07) is 19.3. The van der Waals surface area contributed by atoms with Gasteiger partial charge in [0.05, 0.1) is 14.2 Å². The average Bonchev–Trinajstić information content (AvgIpc) is 3.59. The molecule has 43 heavy (non-hydrogen) atoms. The first-order valence-electron chi connectivity index (χ1n) is 14.2. The lowest BCUT2D eigenvalue weighted by atomic mass is 9.98. The molecule has 9 nitrogen and oxygen atoms in total. The Morgan fingerprint density at radius 1 is 0.953 bits per heavy atom. The number of aliphatic carboxylic acids is 1. The number of amides is 2. The van der Waals surface area contributed by atoms with E-state index < -0.39 is 35.4 Å². The molecule has 1 heterocycles. The Bertz CT molecular complexity index is 1460. The molecule has 0 unspecified atom stereocenters. The molecule has 1 saturated heterocycles. The van der Waals surface area contributed by atoms with Gasteiger partial charge in [-0.2, -0.15) is 0 Å². The summed E-state index contributed by atoms with van der Waals surface area (Å²) >= 11 is 1.34. The fraction of sp³-hybridized carbons (Fsp3) is 0.364. The molecule has 0 bridgehead atoms. The van der Waals surface area contributed by atoms with E-state index in [1.165, 1.54) is 23.8 Å². The van der Waals surface area contributed by atoms with E-state index in [0.717, 1.165) is 22.3 Å². The molecule has 3 atom stereocenters. The van der Waals surface area contributed by atoms with Crippen LogP contribution in [0.1, 0.15) is 48.3 Å². The van der Waals surface area contributed by atoms with Gasteiger partial charge in [-0.3, -0.25) is 4.79 Å². The number of rotatable bonds is 10. The number of thioether (sulfide) groups is 1. The minimum atomic E-state index is -1.11. The number of carbonyl (C=O) groups excluding carboxylic acids is 2. The van der Waals surface area contributed by atoms with Crippen molar-refractivity contribution in [1.29, 1.82) is 0 Å². The highest BCUT2D eigenvalue weighted by atomic mass is 32.2. The molecule has 5 rings (SSSR count). The van der Waals surface area contributed by atoms with E-state index in [1.54, 1.807) is 25.3 Å². The van der Waals surface area contributed by atoms with Crippen LogP contribution in [0, 0.1) is 5.92 Å². The van der Waals surface area contributed by atoms with Gasteiger partial charge in [0.25, 0.3) is 0 Å². The van der Waals surface area contributed by atoms with Crippen molar-refractivity contribution in [2.24, 2.45) is 5.92 Å². The first-order chi connectivity index (χ1) is 20.7. The van der Waals surface area contributed by atoms with Crippen molar-refractivity contribution >= 4 is 29.7 Å². The van der Waals surface area contributed by atoms with E-state index in [1.807, 2.05) is 50.2 Å². The van der Waals surface area contributed by atoms with Crippen molar-refractivity contribution in [3.8, 4) is 22.6 Å². The molecule has 3 aromatic carbocycles. The number of carboxylic acids is 1. The smallest absolute Gasteiger partial charge is 0.407 e. The average molecular weight is 605 g/mol. The standard InChI is InChI=1S/C33H36N2O7S/c1-19(2)15-27(34-33(39)42-17-26-23-11-7-5-9-21(23)22-10-6-8-12-24(22)26)30(36)35-28(32(37)38)18-43-31(35)25-14-13-20(40-3)16-29(25)41-4/h5-14,16,19,26-28,31H,15,17-18H2,1-4H3,(H,34,39)(H,37,38)/t27-,28+,31-/m1/s1. The molecule has 0 radical (unpaired) electrons. The number of fused-ring (bicyclic) bond motifs is 3. The van der Waals surface area contributed by atoms with Crippen LogP contribution in [0.2, 0.25) is 0 Å². The predicted octanol–water partition coefficient (Wildman–Crippen LogP) is 5.68. The van der Waals surface area contributed by atoms with E-state index >= 15 is 0 Å². The largest absolute Gasteiger partial charge is 0.497 e. The Kier molecular flexibility index (Phi) is 9.15. The van der Waals surface area contributed by atoms with Crippen LogP contribution in [-0.4, -0.2) is 66.6 Å². The summed E-state index contributed by atoms with van der Waals surface area (Å²) in [5, 5.41) is 12.2. The van der Waals surface area contributed by atoms with Gasteiger partial charge < -0.3 is 29.5 Å². The maximum atomic E-state index is 14.1. The number of ether oxygens (including phenoxy) is 3. The van der Waals surface area contributed by atoms with E-state index in [9.17, 15) is 19.5 Å². The minimum absolute atomic E-state index is 0.0374. The van der Waals surface area contributed by atoms with Gasteiger partial charge in [-0.15, -0.1) is 11.8 Å². The molecule has 0 spiro atoms. The summed E-state index contributed by atoms with van der Waals surface area (Å²) in [5.41, 5.74) is 5.05. The number of carboxylic acid groups (broad SMARTS) is 1. The highest BCUT2D eigenvalue weighted by Crippen LogP contribution is 2.46. The lowest BCUT2D eigenvalue weighted by molar-refractivity contribution is -0.150. The van der Waals surface area contributed by atoms with Crippen molar-refractivity contribution in [3.63, 3.8) is 0 Å². The lowest BCUT2D eigenvalue weighted by Crippen LogP contribution is -2.53. The second-order valence-corrected chi connectivity index (χ2v) is 12.2. The van der Waals surface area contributed by atoms with Crippen LogP contribution in [-0.2, 0) is 14.3 Å². The molecule has 0 aromatic heterocycles. The van der Waals surface area contributed by atoms with E-state index in [0.29, 0.717) is 23.5 Å². The molecule has 2 N–H and O–H groups in total. The van der Waals surface area contributed by atoms with Gasteiger partial charge in [0.15, 0.2) is 0 Å². The molecule has 0 saturated carbocycles. The summed E-state index contributed by atoms with van der Waals surface area (Å²) in [5.74, 6) is -0.439. The maximum absolute atomic E-state index is 14.1. The monoisotopic (exact) mass is 604 g/mol. The minimum Gasteiger partial charge on any atom is -0.497 e. The SMILES string of the molecule is COc1ccc([C@H]2SC[C@@H](C(=O)O)N2C(=O)[C@@H](CC(C)C)NC(=O)OCC2c3ccccc3-c3ccccc32)c(OC)c1. The van der Waals surface area contributed by atoms with Gasteiger partial charge in [0.1, 0.15) is 35.6 Å². The van der Waals surface area contributed by atoms with Gasteiger partial charge in [-0.25, -0.2) is 9.59 Å². The Hall–Kier alpha value is -4.18. The van der Waals surface area contributed by atoms with Gasteiger partial charge in [-0.05, 0) is 46.7 Å². The fourth-order valence-corrected chi connectivity index (χ4v) is 7.34. The van der Waals surface area contributed by atoms with E-state index in [2.05, 4.69) is 17.4 Å². The molecule has 1 aliphatic heterocycles. The highest BCUT2D eigenvalue weighted by Gasteiger charge is 2.46. The Morgan fingerprint density at radius 2 is 1.60 bits per heavy atom.